The summed E-state index contributed by atoms with van der Waals surface area (Å²) in [7, 11) is 0.848. The molecule has 0 saturated carbocycles. The molecule has 1 nitrogen and oxygen atoms in total. The Labute approximate surface area is 62.3 Å². The van der Waals surface area contributed by atoms with Crippen LogP contribution in [0.4, 0.5) is 0 Å². The second kappa shape index (κ2) is 6.30. The van der Waals surface area contributed by atoms with E-state index < -0.39 is 0 Å². The van der Waals surface area contributed by atoms with Crippen LogP contribution in [0.5, 0.6) is 0 Å². The van der Waals surface area contributed by atoms with Gasteiger partial charge in [0.2, 0.25) is 0 Å². The average Bonchev–Trinajstić information content (AvgIpc) is 1.67. The highest BCUT2D eigenvalue weighted by Crippen LogP contribution is 2.01. The first-order chi connectivity index (χ1) is 3.97. The van der Waals surface area contributed by atoms with Crippen molar-refractivity contribution in [1.82, 2.24) is 0 Å². The minimum absolute atomic E-state index is 0.103. The van der Waals surface area contributed by atoms with Crippen molar-refractivity contribution in [2.24, 2.45) is 0 Å². The first-order valence-electron chi connectivity index (χ1n) is 3.53. The Morgan fingerprint density at radius 1 is 1.22 bits per heavy atom. The van der Waals surface area contributed by atoms with Crippen molar-refractivity contribution in [1.29, 1.82) is 0 Å². The molecule has 0 aliphatic rings. The van der Waals surface area contributed by atoms with E-state index in [9.17, 15) is 0 Å². The van der Waals surface area contributed by atoms with E-state index in [4.69, 9.17) is 4.43 Å². The zero-order chi connectivity index (χ0) is 7.91. The molecule has 0 N–H and O–H groups in total. The minimum atomic E-state index is 0.103. The third-order valence-electron chi connectivity index (χ3n) is 0.612. The standard InChI is InChI=1S/C4H12OSi.C3H8/c1-4(2,3)5-6;1-3-2/h1-3,6H3;3H2,1-2H3. The molecule has 58 valence electrons. The van der Waals surface area contributed by atoms with Crippen LogP contribution in [0.2, 0.25) is 0 Å². The fraction of sp³-hybridized carbons (Fsp3) is 1.00. The summed E-state index contributed by atoms with van der Waals surface area (Å²) in [5.41, 5.74) is 0.103. The maximum absolute atomic E-state index is 5.08. The van der Waals surface area contributed by atoms with Gasteiger partial charge in [0.05, 0.1) is 0 Å². The Balaban J connectivity index is 0. The highest BCUT2D eigenvalue weighted by Gasteiger charge is 2.03. The lowest BCUT2D eigenvalue weighted by Crippen LogP contribution is -2.16. The summed E-state index contributed by atoms with van der Waals surface area (Å²) in [5.74, 6) is 0. The number of hydrogen-bond acceptors (Lipinski definition) is 1. The fourth-order valence-electron chi connectivity index (χ4n) is 0. The second-order valence-electron chi connectivity index (χ2n) is 3.02. The Morgan fingerprint density at radius 2 is 1.33 bits per heavy atom. The van der Waals surface area contributed by atoms with Crippen LogP contribution in [0, 0.1) is 0 Å². The normalized spacial score (nSPS) is 10.3. The molecule has 0 atom stereocenters. The molecule has 9 heavy (non-hydrogen) atoms. The lowest BCUT2D eigenvalue weighted by Gasteiger charge is -2.15. The molecule has 0 fully saturated rings. The van der Waals surface area contributed by atoms with E-state index in [1.54, 1.807) is 0 Å². The van der Waals surface area contributed by atoms with Gasteiger partial charge in [-0.25, -0.2) is 0 Å². The Kier molecular flexibility index (Phi) is 8.34. The molecule has 0 rings (SSSR count). The van der Waals surface area contributed by atoms with Crippen LogP contribution in [-0.4, -0.2) is 16.1 Å². The molecule has 0 aliphatic heterocycles. The maximum Gasteiger partial charge on any atom is 0.146 e. The predicted octanol–water partition coefficient (Wildman–Crippen LogP) is 1.50. The zero-order valence-electron chi connectivity index (χ0n) is 7.62. The maximum atomic E-state index is 5.08. The molecule has 0 unspecified atom stereocenters. The van der Waals surface area contributed by atoms with Crippen LogP contribution in [-0.2, 0) is 4.43 Å². The average molecular weight is 148 g/mol. The summed E-state index contributed by atoms with van der Waals surface area (Å²) < 4.78 is 5.08. The van der Waals surface area contributed by atoms with Crippen molar-refractivity contribution < 1.29 is 4.43 Å². The molecule has 0 aliphatic carbocycles. The van der Waals surface area contributed by atoms with E-state index in [0.29, 0.717) is 0 Å². The summed E-state index contributed by atoms with van der Waals surface area (Å²) in [6.07, 6.45) is 1.25. The number of rotatable bonds is 0. The van der Waals surface area contributed by atoms with Crippen LogP contribution >= 0.6 is 0 Å². The van der Waals surface area contributed by atoms with Crippen molar-refractivity contribution >= 4 is 10.5 Å². The van der Waals surface area contributed by atoms with Gasteiger partial charge in [0.25, 0.3) is 0 Å². The topological polar surface area (TPSA) is 9.23 Å². The summed E-state index contributed by atoms with van der Waals surface area (Å²) in [6, 6.07) is 0. The number of hydrogen-bond donors (Lipinski definition) is 0. The van der Waals surface area contributed by atoms with Crippen LogP contribution in [0.1, 0.15) is 41.0 Å². The summed E-state index contributed by atoms with van der Waals surface area (Å²) in [6.45, 7) is 10.4. The quantitative estimate of drug-likeness (QED) is 0.473. The molecule has 0 heterocycles. The molecule has 0 aromatic carbocycles. The molecule has 0 radical (unpaired) electrons. The van der Waals surface area contributed by atoms with E-state index in [-0.39, 0.29) is 5.60 Å². The van der Waals surface area contributed by atoms with Gasteiger partial charge in [-0.15, -0.1) is 0 Å². The van der Waals surface area contributed by atoms with Crippen molar-refractivity contribution in [2.75, 3.05) is 0 Å². The van der Waals surface area contributed by atoms with E-state index >= 15 is 0 Å². The van der Waals surface area contributed by atoms with Crippen LogP contribution in [0.25, 0.3) is 0 Å². The lowest BCUT2D eigenvalue weighted by atomic mass is 10.2. The van der Waals surface area contributed by atoms with Gasteiger partial charge in [0.1, 0.15) is 10.5 Å². The Hall–Kier alpha value is 0.177. The van der Waals surface area contributed by atoms with Crippen LogP contribution in [0.3, 0.4) is 0 Å². The van der Waals surface area contributed by atoms with Gasteiger partial charge >= 0.3 is 0 Å². The van der Waals surface area contributed by atoms with Crippen molar-refractivity contribution in [3.63, 3.8) is 0 Å². The van der Waals surface area contributed by atoms with Crippen molar-refractivity contribution in [3.8, 4) is 0 Å². The highest BCUT2D eigenvalue weighted by molar-refractivity contribution is 5.98. The summed E-state index contributed by atoms with van der Waals surface area (Å²) in [4.78, 5) is 0. The van der Waals surface area contributed by atoms with E-state index in [1.165, 1.54) is 6.42 Å². The van der Waals surface area contributed by atoms with Gasteiger partial charge in [-0.3, -0.25) is 0 Å². The van der Waals surface area contributed by atoms with Gasteiger partial charge in [0.15, 0.2) is 0 Å². The molecule has 0 bridgehead atoms. The first kappa shape index (κ1) is 11.9. The Morgan fingerprint density at radius 3 is 1.33 bits per heavy atom. The zero-order valence-corrected chi connectivity index (χ0v) is 9.62. The molecule has 2 heteroatoms. The third-order valence-corrected chi connectivity index (χ3v) is 1.84. The molecule has 0 amide bonds. The highest BCUT2D eigenvalue weighted by atomic mass is 28.2. The molecule has 0 spiro atoms. The van der Waals surface area contributed by atoms with E-state index in [2.05, 4.69) is 34.6 Å². The van der Waals surface area contributed by atoms with Gasteiger partial charge in [-0.2, -0.15) is 0 Å². The van der Waals surface area contributed by atoms with Crippen molar-refractivity contribution in [3.05, 3.63) is 0 Å². The van der Waals surface area contributed by atoms with E-state index in [1.807, 2.05) is 0 Å². The monoisotopic (exact) mass is 148 g/mol. The van der Waals surface area contributed by atoms with E-state index in [0.717, 1.165) is 10.5 Å². The van der Waals surface area contributed by atoms with Crippen LogP contribution < -0.4 is 0 Å². The van der Waals surface area contributed by atoms with Gasteiger partial charge in [-0.1, -0.05) is 20.3 Å². The van der Waals surface area contributed by atoms with Gasteiger partial charge in [0, 0.05) is 5.60 Å². The summed E-state index contributed by atoms with van der Waals surface area (Å²) in [5, 5.41) is 0. The van der Waals surface area contributed by atoms with Gasteiger partial charge in [-0.05, 0) is 20.8 Å². The smallest absolute Gasteiger partial charge is 0.146 e. The predicted molar refractivity (Wildman–Crippen MR) is 46.7 cm³/mol. The second-order valence-corrected chi connectivity index (χ2v) is 3.43. The molecule has 0 aromatic heterocycles. The molecular weight excluding hydrogens is 128 g/mol. The molecule has 0 saturated heterocycles. The SMILES string of the molecule is CC(C)(C)O[SiH3].CCC. The van der Waals surface area contributed by atoms with Crippen molar-refractivity contribution in [2.45, 2.75) is 46.6 Å². The fourth-order valence-corrected chi connectivity index (χ4v) is 0. The molecule has 0 aromatic rings. The first-order valence-corrected chi connectivity index (χ1v) is 4.34. The largest absolute Gasteiger partial charge is 0.423 e. The van der Waals surface area contributed by atoms with Crippen LogP contribution in [0.15, 0.2) is 0 Å². The Bertz CT molecular complexity index is 47.4. The lowest BCUT2D eigenvalue weighted by molar-refractivity contribution is 0.147. The molecular formula is C7H20OSi. The summed E-state index contributed by atoms with van der Waals surface area (Å²) >= 11 is 0. The minimum Gasteiger partial charge on any atom is -0.423 e. The third kappa shape index (κ3) is 30.9. The van der Waals surface area contributed by atoms with Gasteiger partial charge < -0.3 is 4.43 Å².